The predicted molar refractivity (Wildman–Crippen MR) is 478 cm³/mol. The molecule has 0 aliphatic rings. The number of aliphatic imine (C=N–C) groups is 3. The molecule has 6 aromatic rings. The third kappa shape index (κ3) is 44.2. The van der Waals surface area contributed by atoms with E-state index in [-0.39, 0.29) is 175 Å². The molecule has 0 N–H and O–H groups in total. The Balaban J connectivity index is -0.00000168. The van der Waals surface area contributed by atoms with Crippen molar-refractivity contribution in [2.24, 2.45) is 15.0 Å². The fourth-order valence-corrected chi connectivity index (χ4v) is 12.0. The second-order valence-electron chi connectivity index (χ2n) is 37.3. The molecular formula is C99H132Cu3F18N6O3. The smallest absolute Gasteiger partial charge is 0.850 e. The van der Waals surface area contributed by atoms with Gasteiger partial charge in [-0.2, -0.15) is 79.0 Å². The van der Waals surface area contributed by atoms with Crippen molar-refractivity contribution in [3.63, 3.8) is 0 Å². The van der Waals surface area contributed by atoms with E-state index in [1.54, 1.807) is 338 Å². The van der Waals surface area contributed by atoms with Crippen molar-refractivity contribution >= 4 is 51.3 Å². The number of hydrogen-bond donors (Lipinski definition) is 0. The van der Waals surface area contributed by atoms with Crippen molar-refractivity contribution < 1.29 is 146 Å². The second kappa shape index (κ2) is 52.7. The minimum Gasteiger partial charge on any atom is -0.850 e. The third-order valence-electron chi connectivity index (χ3n) is 18.0. The van der Waals surface area contributed by atoms with Crippen LogP contribution in [-0.4, -0.2) is 71.0 Å². The van der Waals surface area contributed by atoms with Crippen LogP contribution in [0, 0.1) is 0 Å². The Hall–Kier alpha value is -6.87. The zero-order valence-electron chi connectivity index (χ0n) is 80.2. The van der Waals surface area contributed by atoms with Crippen LogP contribution in [0.1, 0.15) is 366 Å². The van der Waals surface area contributed by atoms with E-state index >= 15 is 0 Å². The minimum absolute atomic E-state index is 0. The molecule has 30 heteroatoms. The summed E-state index contributed by atoms with van der Waals surface area (Å²) in [6, 6.07) is 30.1. The number of para-hydroxylation sites is 6. The van der Waals surface area contributed by atoms with Gasteiger partial charge in [-0.05, 0) is 123 Å². The van der Waals surface area contributed by atoms with Crippen LogP contribution in [0.25, 0.3) is 16.0 Å². The second-order valence-corrected chi connectivity index (χ2v) is 37.3. The average molecular weight is 1990 g/mol. The predicted octanol–water partition coefficient (Wildman–Crippen LogP) is 33.3. The zero-order chi connectivity index (χ0) is 98.4. The van der Waals surface area contributed by atoms with E-state index < -0.39 is 88.1 Å². The molecule has 0 amide bonds. The molecule has 0 saturated heterocycles. The first-order valence-corrected chi connectivity index (χ1v) is 42.2. The van der Waals surface area contributed by atoms with Gasteiger partial charge in [-0.3, -0.25) is 0 Å². The minimum atomic E-state index is -5.14. The van der Waals surface area contributed by atoms with Crippen LogP contribution in [0.2, 0.25) is 0 Å². The van der Waals surface area contributed by atoms with Crippen molar-refractivity contribution in [2.45, 2.75) is 353 Å². The van der Waals surface area contributed by atoms with E-state index in [4.69, 9.17) is 0 Å². The van der Waals surface area contributed by atoms with E-state index in [1.807, 2.05) is 0 Å². The van der Waals surface area contributed by atoms with Gasteiger partial charge >= 0.3 is 88.3 Å². The number of allylic oxidation sites excluding steroid dienone is 6. The Morgan fingerprint density at radius 2 is 0.333 bits per heavy atom. The number of rotatable bonds is 24. The molecule has 0 spiro atoms. The molecule has 0 unspecified atom stereocenters. The normalized spacial score (nSPS) is 13.3. The average Bonchev–Trinajstić information content (AvgIpc) is 0.798. The molecule has 735 valence electrons. The van der Waals surface area contributed by atoms with Crippen LogP contribution in [0.15, 0.2) is 159 Å². The third-order valence-corrected chi connectivity index (χ3v) is 18.0. The van der Waals surface area contributed by atoms with Gasteiger partial charge in [0.25, 0.3) is 0 Å². The maximum absolute atomic E-state index is 14.2. The molecule has 0 atom stereocenters. The van der Waals surface area contributed by atoms with Gasteiger partial charge in [0.2, 0.25) is 0 Å². The van der Waals surface area contributed by atoms with Gasteiger partial charge in [0.05, 0.1) is 17.1 Å². The fourth-order valence-electron chi connectivity index (χ4n) is 12.0. The Morgan fingerprint density at radius 3 is 0.426 bits per heavy atom. The van der Waals surface area contributed by atoms with Crippen LogP contribution >= 0.6 is 0 Å². The summed E-state index contributed by atoms with van der Waals surface area (Å²) in [5.41, 5.74) is -5.54. The molecular weight excluding hydrogens is 1850 g/mol. The number of nitrogens with zero attached hydrogens (tertiary/aromatic N) is 6. The van der Waals surface area contributed by atoms with Gasteiger partial charge in [0.15, 0.2) is 0 Å². The number of hydrogen-bond acceptors (Lipinski definition) is 6. The van der Waals surface area contributed by atoms with Gasteiger partial charge in [0, 0.05) is 0 Å². The molecule has 0 fully saturated rings. The first kappa shape index (κ1) is 126. The maximum atomic E-state index is 14.2. The molecule has 9 nitrogen and oxygen atoms in total. The van der Waals surface area contributed by atoms with E-state index in [1.165, 1.54) is 0 Å². The van der Waals surface area contributed by atoms with Gasteiger partial charge in [-0.25, -0.2) is 15.0 Å². The van der Waals surface area contributed by atoms with Crippen molar-refractivity contribution in [3.8, 4) is 0 Å². The Morgan fingerprint density at radius 1 is 0.225 bits per heavy atom. The standard InChI is InChI=1S/3C29H35F6N2.3C4H9O.3Cu/c3*1-16(2)20-11-9-12-21(17(3)4)26(20)36-24(28(30,31)32)15-25(29(33,34)35)37-27-22(18(5)6)13-10-14-23(27)19(7)8;3*1-4(2,3)5;;;/h3*9-19H,1-8H3;3*1-3H3;;;/q6*-1;3*+2/b3*24-15-,37-25?;;;;;;. The Kier molecular flexibility index (Phi) is 51.6. The quantitative estimate of drug-likeness (QED) is 0.0337. The summed E-state index contributed by atoms with van der Waals surface area (Å²) in [6.07, 6.45) is -30.7. The molecule has 6 rings (SSSR count). The van der Waals surface area contributed by atoms with Crippen LogP contribution in [0.3, 0.4) is 0 Å². The van der Waals surface area contributed by atoms with Crippen LogP contribution in [0.4, 0.5) is 113 Å². The number of halogens is 18. The number of benzene rings is 6. The molecule has 0 heterocycles. The van der Waals surface area contributed by atoms with E-state index in [2.05, 4.69) is 30.9 Å². The monoisotopic (exact) mass is 1980 g/mol. The first-order chi connectivity index (χ1) is 56.8. The molecule has 0 aliphatic heterocycles. The summed E-state index contributed by atoms with van der Waals surface area (Å²) in [5.74, 6) is -2.23. The van der Waals surface area contributed by atoms with Crippen molar-refractivity contribution in [3.05, 3.63) is 227 Å². The topological polar surface area (TPSA) is 149 Å². The molecule has 0 saturated carbocycles. The summed E-state index contributed by atoms with van der Waals surface area (Å²) < 4.78 is 255. The summed E-state index contributed by atoms with van der Waals surface area (Å²) >= 11 is 0. The Labute approximate surface area is 787 Å². The molecule has 3 radical (unpaired) electrons. The zero-order valence-corrected chi connectivity index (χ0v) is 83.0. The van der Waals surface area contributed by atoms with Gasteiger partial charge < -0.3 is 31.3 Å². The SMILES string of the molecule is CC(C)(C)[O-].CC(C)(C)[O-].CC(C)(C)[O-].CC(C)c1cccc(C(C)C)c1N=C(/C=C(\[N-]c1c(C(C)C)cccc1C(C)C)C(F)(F)F)C(F)(F)F.CC(C)c1cccc(C(C)C)c1N=C(/C=C(\[N-]c1c(C(C)C)cccc1C(C)C)C(F)(F)F)C(F)(F)F.CC(C)c1cccc(C(C)C)c1N=C(/C=C(\[N-]c1c(C(C)C)cccc1C(C)C)C(F)(F)F)C(F)(F)F.[Cu+2].[Cu+2].[Cu+2]. The van der Waals surface area contributed by atoms with Gasteiger partial charge in [-0.1, -0.05) is 388 Å². The molecule has 0 aliphatic carbocycles. The fraction of sp³-hybridized carbons (Fsp3) is 0.545. The number of alkyl halides is 18. The maximum Gasteiger partial charge on any atom is 2.00 e. The van der Waals surface area contributed by atoms with Crippen LogP contribution in [-0.2, 0) is 51.2 Å². The Bertz CT molecular complexity index is 4000. The van der Waals surface area contributed by atoms with E-state index in [0.29, 0.717) is 66.8 Å². The van der Waals surface area contributed by atoms with E-state index in [9.17, 15) is 94.3 Å². The van der Waals surface area contributed by atoms with Crippen molar-refractivity contribution in [2.75, 3.05) is 0 Å². The van der Waals surface area contributed by atoms with Crippen LogP contribution in [0.5, 0.6) is 0 Å². The van der Waals surface area contributed by atoms with Gasteiger partial charge in [0.1, 0.15) is 17.1 Å². The van der Waals surface area contributed by atoms with Crippen molar-refractivity contribution in [1.82, 2.24) is 0 Å². The summed E-state index contributed by atoms with van der Waals surface area (Å²) in [5, 5.41) is 41.8. The van der Waals surface area contributed by atoms with Gasteiger partial charge in [-0.15, -0.1) is 33.9 Å². The molecule has 6 aromatic carbocycles. The summed E-state index contributed by atoms with van der Waals surface area (Å²) in [7, 11) is 0. The van der Waals surface area contributed by atoms with Crippen LogP contribution < -0.4 is 15.3 Å². The summed E-state index contributed by atoms with van der Waals surface area (Å²) in [4.78, 5) is 11.5. The molecule has 0 aromatic heterocycles. The molecule has 0 bridgehead atoms. The largest absolute Gasteiger partial charge is 2.00 e. The van der Waals surface area contributed by atoms with E-state index in [0.717, 1.165) is 0 Å². The first-order valence-electron chi connectivity index (χ1n) is 42.2. The summed E-state index contributed by atoms with van der Waals surface area (Å²) in [6.45, 7) is 57.9. The van der Waals surface area contributed by atoms with Crippen molar-refractivity contribution in [1.29, 1.82) is 0 Å². The molecule has 129 heavy (non-hydrogen) atoms.